The summed E-state index contributed by atoms with van der Waals surface area (Å²) < 4.78 is 11.1. The minimum absolute atomic E-state index is 0.149. The van der Waals surface area contributed by atoms with Crippen LogP contribution < -0.4 is 0 Å². The molecule has 1 aromatic rings. The predicted molar refractivity (Wildman–Crippen MR) is 98.8 cm³/mol. The second-order valence-corrected chi connectivity index (χ2v) is 8.69. The van der Waals surface area contributed by atoms with Gasteiger partial charge in [-0.25, -0.2) is 0 Å². The molecule has 1 aromatic carbocycles. The van der Waals surface area contributed by atoms with Crippen molar-refractivity contribution in [2.45, 2.75) is 34.2 Å². The van der Waals surface area contributed by atoms with Gasteiger partial charge in [0.15, 0.2) is 0 Å². The van der Waals surface area contributed by atoms with Crippen LogP contribution in [0.1, 0.15) is 33.3 Å². The standard InChI is InChI=1S/C20H32NO5/c1-19(2,3)17(23)25-14-20(4,13-22)18(24)26-15-21(5,6)12-16-10-8-7-9-11-16/h7-11,22H,12-15H2,1-6H3/q+1. The summed E-state index contributed by atoms with van der Waals surface area (Å²) in [5.41, 5.74) is -0.819. The normalized spacial score (nSPS) is 14.4. The Kier molecular flexibility index (Phi) is 7.35. The summed E-state index contributed by atoms with van der Waals surface area (Å²) in [6.07, 6.45) is 0. The smallest absolute Gasteiger partial charge is 0.321 e. The molecule has 0 amide bonds. The van der Waals surface area contributed by atoms with Gasteiger partial charge < -0.3 is 14.6 Å². The van der Waals surface area contributed by atoms with Crippen molar-refractivity contribution in [3.63, 3.8) is 0 Å². The number of hydrogen-bond acceptors (Lipinski definition) is 5. The minimum atomic E-state index is -1.28. The van der Waals surface area contributed by atoms with Crippen molar-refractivity contribution in [2.75, 3.05) is 34.0 Å². The molecule has 1 unspecified atom stereocenters. The molecule has 146 valence electrons. The van der Waals surface area contributed by atoms with Crippen LogP contribution in [0.25, 0.3) is 0 Å². The van der Waals surface area contributed by atoms with Gasteiger partial charge in [0.2, 0.25) is 6.73 Å². The Morgan fingerprint density at radius 3 is 2.08 bits per heavy atom. The van der Waals surface area contributed by atoms with E-state index in [-0.39, 0.29) is 13.3 Å². The number of quaternary nitrogens is 1. The number of rotatable bonds is 8. The third-order valence-corrected chi connectivity index (χ3v) is 3.97. The van der Waals surface area contributed by atoms with E-state index in [9.17, 15) is 14.7 Å². The third-order valence-electron chi connectivity index (χ3n) is 3.97. The van der Waals surface area contributed by atoms with E-state index in [4.69, 9.17) is 9.47 Å². The fraction of sp³-hybridized carbons (Fsp3) is 0.600. The number of carbonyl (C=O) groups is 2. The Labute approximate surface area is 156 Å². The van der Waals surface area contributed by atoms with E-state index in [1.165, 1.54) is 6.92 Å². The first-order valence-electron chi connectivity index (χ1n) is 8.71. The lowest BCUT2D eigenvalue weighted by Crippen LogP contribution is -2.45. The third kappa shape index (κ3) is 6.77. The van der Waals surface area contributed by atoms with Gasteiger partial charge in [-0.1, -0.05) is 30.3 Å². The fourth-order valence-corrected chi connectivity index (χ4v) is 2.14. The highest BCUT2D eigenvalue weighted by atomic mass is 16.6. The summed E-state index contributed by atoms with van der Waals surface area (Å²) >= 11 is 0. The molecule has 1 N–H and O–H groups in total. The van der Waals surface area contributed by atoms with Gasteiger partial charge in [-0.3, -0.25) is 14.1 Å². The van der Waals surface area contributed by atoms with Gasteiger partial charge in [0.05, 0.1) is 26.1 Å². The number of hydrogen-bond donors (Lipinski definition) is 1. The molecule has 26 heavy (non-hydrogen) atoms. The van der Waals surface area contributed by atoms with Crippen LogP contribution in [0, 0.1) is 10.8 Å². The van der Waals surface area contributed by atoms with Crippen LogP contribution in [0.3, 0.4) is 0 Å². The molecule has 0 spiro atoms. The second-order valence-electron chi connectivity index (χ2n) is 8.69. The molecule has 6 nitrogen and oxygen atoms in total. The number of aliphatic hydroxyl groups is 1. The number of nitrogens with zero attached hydrogens (tertiary/aromatic N) is 1. The Morgan fingerprint density at radius 1 is 1.00 bits per heavy atom. The van der Waals surface area contributed by atoms with E-state index in [0.29, 0.717) is 11.0 Å². The van der Waals surface area contributed by atoms with Gasteiger partial charge in [0.25, 0.3) is 0 Å². The highest BCUT2D eigenvalue weighted by molar-refractivity contribution is 5.78. The predicted octanol–water partition coefficient (Wildman–Crippen LogP) is 2.35. The molecule has 0 aliphatic heterocycles. The average Bonchev–Trinajstić information content (AvgIpc) is 2.56. The summed E-state index contributed by atoms with van der Waals surface area (Å²) in [5, 5.41) is 9.64. The minimum Gasteiger partial charge on any atom is -0.464 e. The zero-order valence-electron chi connectivity index (χ0n) is 16.7. The van der Waals surface area contributed by atoms with Gasteiger partial charge >= 0.3 is 11.9 Å². The van der Waals surface area contributed by atoms with Crippen LogP contribution in [0.4, 0.5) is 0 Å². The monoisotopic (exact) mass is 366 g/mol. The van der Waals surface area contributed by atoms with Crippen LogP contribution in [0.15, 0.2) is 30.3 Å². The summed E-state index contributed by atoms with van der Waals surface area (Å²) in [7, 11) is 3.91. The molecule has 0 saturated carbocycles. The lowest BCUT2D eigenvalue weighted by atomic mass is 9.92. The molecule has 0 saturated heterocycles. The summed E-state index contributed by atoms with van der Waals surface area (Å²) in [6.45, 7) is 6.89. The summed E-state index contributed by atoms with van der Waals surface area (Å²) in [6, 6.07) is 9.92. The maximum Gasteiger partial charge on any atom is 0.321 e. The molecular formula is C20H32NO5+. The molecule has 0 bridgehead atoms. The van der Waals surface area contributed by atoms with E-state index in [0.717, 1.165) is 5.56 Å². The second kappa shape index (κ2) is 8.64. The maximum atomic E-state index is 12.5. The highest BCUT2D eigenvalue weighted by Gasteiger charge is 2.38. The quantitative estimate of drug-likeness (QED) is 0.434. The van der Waals surface area contributed by atoms with E-state index >= 15 is 0 Å². The van der Waals surface area contributed by atoms with Crippen molar-refractivity contribution in [1.82, 2.24) is 0 Å². The fourth-order valence-electron chi connectivity index (χ4n) is 2.14. The Hall–Kier alpha value is -1.92. The number of esters is 2. The molecule has 0 heterocycles. The van der Waals surface area contributed by atoms with E-state index in [2.05, 4.69) is 0 Å². The van der Waals surface area contributed by atoms with Crippen LogP contribution >= 0.6 is 0 Å². The van der Waals surface area contributed by atoms with E-state index in [1.54, 1.807) is 20.8 Å². The number of ether oxygens (including phenoxy) is 2. The zero-order chi connectivity index (χ0) is 20.0. The van der Waals surface area contributed by atoms with Crippen LogP contribution in [0.2, 0.25) is 0 Å². The Balaban J connectivity index is 2.63. The highest BCUT2D eigenvalue weighted by Crippen LogP contribution is 2.22. The zero-order valence-corrected chi connectivity index (χ0v) is 16.7. The summed E-state index contributed by atoms with van der Waals surface area (Å²) in [5.74, 6) is -1.01. The number of benzene rings is 1. The lowest BCUT2D eigenvalue weighted by molar-refractivity contribution is -0.920. The van der Waals surface area contributed by atoms with Crippen molar-refractivity contribution in [2.24, 2.45) is 10.8 Å². The van der Waals surface area contributed by atoms with Gasteiger partial charge in [-0.2, -0.15) is 0 Å². The largest absolute Gasteiger partial charge is 0.464 e. The average molecular weight is 366 g/mol. The molecule has 1 rings (SSSR count). The van der Waals surface area contributed by atoms with Gasteiger partial charge in [-0.05, 0) is 27.7 Å². The first kappa shape index (κ1) is 22.1. The Bertz CT molecular complexity index is 606. The van der Waals surface area contributed by atoms with Crippen LogP contribution in [-0.2, 0) is 25.6 Å². The SMILES string of the molecule is CC(C)(C)C(=O)OCC(C)(CO)C(=O)OC[N+](C)(C)Cc1ccccc1. The van der Waals surface area contributed by atoms with Crippen molar-refractivity contribution in [3.05, 3.63) is 35.9 Å². The lowest BCUT2D eigenvalue weighted by Gasteiger charge is -2.31. The van der Waals surface area contributed by atoms with Gasteiger partial charge in [0.1, 0.15) is 18.6 Å². The van der Waals surface area contributed by atoms with Crippen molar-refractivity contribution in [1.29, 1.82) is 0 Å². The molecule has 0 fully saturated rings. The van der Waals surface area contributed by atoms with Crippen molar-refractivity contribution in [3.8, 4) is 0 Å². The van der Waals surface area contributed by atoms with E-state index in [1.807, 2.05) is 44.4 Å². The molecule has 1 atom stereocenters. The Morgan fingerprint density at radius 2 is 1.58 bits per heavy atom. The van der Waals surface area contributed by atoms with Crippen molar-refractivity contribution < 1.29 is 28.7 Å². The maximum absolute atomic E-state index is 12.5. The molecule has 0 aliphatic rings. The van der Waals surface area contributed by atoms with Gasteiger partial charge in [0, 0.05) is 5.56 Å². The first-order chi connectivity index (χ1) is 11.9. The molecule has 0 radical (unpaired) electrons. The van der Waals surface area contributed by atoms with Crippen LogP contribution in [0.5, 0.6) is 0 Å². The van der Waals surface area contributed by atoms with Gasteiger partial charge in [-0.15, -0.1) is 0 Å². The topological polar surface area (TPSA) is 72.8 Å². The molecule has 6 heteroatoms. The molecular weight excluding hydrogens is 334 g/mol. The number of aliphatic hydroxyl groups excluding tert-OH is 1. The van der Waals surface area contributed by atoms with Crippen molar-refractivity contribution >= 4 is 11.9 Å². The molecule has 0 aromatic heterocycles. The first-order valence-corrected chi connectivity index (χ1v) is 8.71. The summed E-state index contributed by atoms with van der Waals surface area (Å²) in [4.78, 5) is 24.4. The molecule has 0 aliphatic carbocycles. The van der Waals surface area contributed by atoms with E-state index < -0.39 is 29.4 Å². The van der Waals surface area contributed by atoms with Crippen LogP contribution in [-0.4, -0.2) is 55.6 Å². The number of carbonyl (C=O) groups excluding carboxylic acids is 2.